The number of hydrogen-bond donors (Lipinski definition) is 0. The molecule has 0 aliphatic heterocycles. The van der Waals surface area contributed by atoms with Crippen molar-refractivity contribution in [3.63, 3.8) is 0 Å². The van der Waals surface area contributed by atoms with Crippen molar-refractivity contribution < 1.29 is 4.79 Å². The average molecular weight is 246 g/mol. The number of carbonyl (C=O) groups excluding carboxylic acids is 1. The van der Waals surface area contributed by atoms with E-state index in [0.29, 0.717) is 18.1 Å². The van der Waals surface area contributed by atoms with Gasteiger partial charge in [0.05, 0.1) is 0 Å². The molecule has 1 unspecified atom stereocenters. The normalized spacial score (nSPS) is 12.4. The van der Waals surface area contributed by atoms with E-state index in [1.54, 1.807) is 0 Å². The molecular formula is C17H26O. The summed E-state index contributed by atoms with van der Waals surface area (Å²) in [5.74, 6) is 0.980. The third-order valence-electron chi connectivity index (χ3n) is 3.71. The fourth-order valence-electron chi connectivity index (χ4n) is 2.36. The van der Waals surface area contributed by atoms with Gasteiger partial charge in [0.15, 0.2) is 0 Å². The maximum absolute atomic E-state index is 12.1. The smallest absolute Gasteiger partial charge is 0.137 e. The molecule has 1 atom stereocenters. The van der Waals surface area contributed by atoms with Crippen LogP contribution in [0.15, 0.2) is 24.3 Å². The fraction of sp³-hybridized carbons (Fsp3) is 0.588. The van der Waals surface area contributed by atoms with Crippen LogP contribution in [0, 0.1) is 12.8 Å². The van der Waals surface area contributed by atoms with E-state index < -0.39 is 0 Å². The van der Waals surface area contributed by atoms with E-state index in [1.807, 2.05) is 12.1 Å². The molecule has 1 aromatic rings. The average Bonchev–Trinajstić information content (AvgIpc) is 2.37. The van der Waals surface area contributed by atoms with E-state index >= 15 is 0 Å². The molecular weight excluding hydrogens is 220 g/mol. The number of Topliss-reactive ketones (excluding diaryl/α,β-unsaturated/α-hetero) is 1. The molecule has 1 nitrogen and oxygen atoms in total. The van der Waals surface area contributed by atoms with Gasteiger partial charge in [-0.3, -0.25) is 4.79 Å². The summed E-state index contributed by atoms with van der Waals surface area (Å²) in [4.78, 5) is 12.1. The molecule has 0 aliphatic rings. The lowest BCUT2D eigenvalue weighted by Gasteiger charge is -2.13. The lowest BCUT2D eigenvalue weighted by atomic mass is 9.91. The van der Waals surface area contributed by atoms with Crippen LogP contribution in [0.5, 0.6) is 0 Å². The first-order valence-corrected chi connectivity index (χ1v) is 7.23. The quantitative estimate of drug-likeness (QED) is 0.649. The van der Waals surface area contributed by atoms with Gasteiger partial charge in [0.1, 0.15) is 5.78 Å². The first kappa shape index (κ1) is 14.9. The van der Waals surface area contributed by atoms with Crippen molar-refractivity contribution >= 4 is 5.78 Å². The van der Waals surface area contributed by atoms with E-state index in [4.69, 9.17) is 0 Å². The van der Waals surface area contributed by atoms with E-state index in [-0.39, 0.29) is 0 Å². The molecule has 1 heteroatoms. The second kappa shape index (κ2) is 8.07. The molecule has 1 aromatic carbocycles. The molecule has 0 saturated carbocycles. The SMILES string of the molecule is CCCCC(CC)CC(=O)Cc1ccccc1C. The van der Waals surface area contributed by atoms with Crippen molar-refractivity contribution in [1.82, 2.24) is 0 Å². The summed E-state index contributed by atoms with van der Waals surface area (Å²) in [6.07, 6.45) is 6.16. The minimum absolute atomic E-state index is 0.396. The lowest BCUT2D eigenvalue weighted by molar-refractivity contribution is -0.119. The Hall–Kier alpha value is -1.11. The Bertz CT molecular complexity index is 368. The number of rotatable bonds is 8. The van der Waals surface area contributed by atoms with E-state index in [2.05, 4.69) is 32.9 Å². The number of benzene rings is 1. The molecule has 0 aromatic heterocycles. The summed E-state index contributed by atoms with van der Waals surface area (Å²) in [6.45, 7) is 6.49. The number of carbonyl (C=O) groups is 1. The predicted octanol–water partition coefficient (Wildman–Crippen LogP) is 4.71. The van der Waals surface area contributed by atoms with Gasteiger partial charge in [-0.25, -0.2) is 0 Å². The zero-order valence-electron chi connectivity index (χ0n) is 12.0. The van der Waals surface area contributed by atoms with Crippen molar-refractivity contribution in [3.05, 3.63) is 35.4 Å². The fourth-order valence-corrected chi connectivity index (χ4v) is 2.36. The third kappa shape index (κ3) is 5.03. The summed E-state index contributed by atoms with van der Waals surface area (Å²) >= 11 is 0. The van der Waals surface area contributed by atoms with Crippen LogP contribution in [0.3, 0.4) is 0 Å². The molecule has 0 saturated heterocycles. The maximum Gasteiger partial charge on any atom is 0.137 e. The Morgan fingerprint density at radius 2 is 1.94 bits per heavy atom. The first-order valence-electron chi connectivity index (χ1n) is 7.23. The zero-order valence-corrected chi connectivity index (χ0v) is 12.0. The van der Waals surface area contributed by atoms with Crippen molar-refractivity contribution in [2.45, 2.75) is 59.3 Å². The third-order valence-corrected chi connectivity index (χ3v) is 3.71. The highest BCUT2D eigenvalue weighted by Gasteiger charge is 2.12. The van der Waals surface area contributed by atoms with Crippen molar-refractivity contribution in [1.29, 1.82) is 0 Å². The van der Waals surface area contributed by atoms with Gasteiger partial charge in [-0.2, -0.15) is 0 Å². The van der Waals surface area contributed by atoms with Crippen LogP contribution < -0.4 is 0 Å². The Kier molecular flexibility index (Phi) is 6.70. The minimum atomic E-state index is 0.396. The molecule has 1 rings (SSSR count). The number of ketones is 1. The molecule has 0 fully saturated rings. The Labute approximate surface area is 112 Å². The minimum Gasteiger partial charge on any atom is -0.299 e. The summed E-state index contributed by atoms with van der Waals surface area (Å²) in [6, 6.07) is 8.20. The van der Waals surface area contributed by atoms with Gasteiger partial charge in [-0.15, -0.1) is 0 Å². The summed E-state index contributed by atoms with van der Waals surface area (Å²) in [7, 11) is 0. The lowest BCUT2D eigenvalue weighted by Crippen LogP contribution is -2.11. The standard InChI is InChI=1S/C17H26O/c1-4-6-10-15(5-2)12-17(18)13-16-11-8-7-9-14(16)3/h7-9,11,15H,4-6,10,12-13H2,1-3H3. The summed E-state index contributed by atoms with van der Waals surface area (Å²) < 4.78 is 0. The van der Waals surface area contributed by atoms with Gasteiger partial charge in [-0.1, -0.05) is 63.8 Å². The molecule has 100 valence electrons. The predicted molar refractivity (Wildman–Crippen MR) is 77.8 cm³/mol. The van der Waals surface area contributed by atoms with Crippen LogP contribution in [0.4, 0.5) is 0 Å². The number of unbranched alkanes of at least 4 members (excludes halogenated alkanes) is 1. The maximum atomic E-state index is 12.1. The Morgan fingerprint density at radius 3 is 2.56 bits per heavy atom. The largest absolute Gasteiger partial charge is 0.299 e. The van der Waals surface area contributed by atoms with Gasteiger partial charge in [-0.05, 0) is 24.0 Å². The van der Waals surface area contributed by atoms with Gasteiger partial charge in [0, 0.05) is 12.8 Å². The number of hydrogen-bond acceptors (Lipinski definition) is 1. The van der Waals surface area contributed by atoms with Gasteiger partial charge in [0.25, 0.3) is 0 Å². The van der Waals surface area contributed by atoms with Crippen LogP contribution in [0.1, 0.15) is 57.1 Å². The molecule has 0 spiro atoms. The second-order valence-corrected chi connectivity index (χ2v) is 5.26. The van der Waals surface area contributed by atoms with Crippen LogP contribution >= 0.6 is 0 Å². The van der Waals surface area contributed by atoms with E-state index in [0.717, 1.165) is 12.8 Å². The molecule has 0 aliphatic carbocycles. The molecule has 0 amide bonds. The topological polar surface area (TPSA) is 17.1 Å². The zero-order chi connectivity index (χ0) is 13.4. The van der Waals surface area contributed by atoms with Gasteiger partial charge >= 0.3 is 0 Å². The Morgan fingerprint density at radius 1 is 1.22 bits per heavy atom. The highest BCUT2D eigenvalue weighted by Crippen LogP contribution is 2.18. The molecule has 0 bridgehead atoms. The molecule has 0 N–H and O–H groups in total. The second-order valence-electron chi connectivity index (χ2n) is 5.26. The van der Waals surface area contributed by atoms with E-state index in [9.17, 15) is 4.79 Å². The van der Waals surface area contributed by atoms with Crippen LogP contribution in [-0.4, -0.2) is 5.78 Å². The first-order chi connectivity index (χ1) is 8.67. The van der Waals surface area contributed by atoms with Crippen LogP contribution in [0.25, 0.3) is 0 Å². The summed E-state index contributed by atoms with van der Waals surface area (Å²) in [5, 5.41) is 0. The van der Waals surface area contributed by atoms with Gasteiger partial charge in [0.2, 0.25) is 0 Å². The van der Waals surface area contributed by atoms with Gasteiger partial charge < -0.3 is 0 Å². The molecule has 0 radical (unpaired) electrons. The molecule has 18 heavy (non-hydrogen) atoms. The monoisotopic (exact) mass is 246 g/mol. The Balaban J connectivity index is 2.48. The molecule has 0 heterocycles. The number of aryl methyl sites for hydroxylation is 1. The van der Waals surface area contributed by atoms with Crippen LogP contribution in [-0.2, 0) is 11.2 Å². The summed E-state index contributed by atoms with van der Waals surface area (Å²) in [5.41, 5.74) is 2.42. The van der Waals surface area contributed by atoms with Crippen LogP contribution in [0.2, 0.25) is 0 Å². The van der Waals surface area contributed by atoms with Crippen molar-refractivity contribution in [2.24, 2.45) is 5.92 Å². The van der Waals surface area contributed by atoms with E-state index in [1.165, 1.54) is 30.4 Å². The van der Waals surface area contributed by atoms with Crippen molar-refractivity contribution in [3.8, 4) is 0 Å². The highest BCUT2D eigenvalue weighted by atomic mass is 16.1. The highest BCUT2D eigenvalue weighted by molar-refractivity contribution is 5.81. The van der Waals surface area contributed by atoms with Crippen molar-refractivity contribution in [2.75, 3.05) is 0 Å².